The summed E-state index contributed by atoms with van der Waals surface area (Å²) in [6.45, 7) is 5.64. The molecule has 2 rings (SSSR count). The first-order valence-corrected chi connectivity index (χ1v) is 8.27. The van der Waals surface area contributed by atoms with Crippen molar-refractivity contribution in [3.05, 3.63) is 29.8 Å². The molecule has 0 bridgehead atoms. The Morgan fingerprint density at radius 3 is 2.64 bits per heavy atom. The standard InChI is InChI=1S/C18H24N2O5/c1-18(2,3)25-17(23)19-10-8-16(22)24-12-15(21)20-11-9-13-6-4-5-7-14(13)20/h4-7H,8-12H2,1-3H3,(H,19,23). The topological polar surface area (TPSA) is 84.9 Å². The van der Waals surface area contributed by atoms with Crippen molar-refractivity contribution in [2.75, 3.05) is 24.6 Å². The molecule has 0 unspecified atom stereocenters. The van der Waals surface area contributed by atoms with Crippen LogP contribution in [-0.4, -0.2) is 43.3 Å². The highest BCUT2D eigenvalue weighted by Crippen LogP contribution is 2.27. The summed E-state index contributed by atoms with van der Waals surface area (Å²) in [5, 5.41) is 2.47. The lowest BCUT2D eigenvalue weighted by Crippen LogP contribution is -2.35. The molecule has 1 N–H and O–H groups in total. The summed E-state index contributed by atoms with van der Waals surface area (Å²) in [7, 11) is 0. The Morgan fingerprint density at radius 2 is 1.92 bits per heavy atom. The molecule has 0 saturated heterocycles. The van der Waals surface area contributed by atoms with Gasteiger partial charge in [-0.15, -0.1) is 0 Å². The van der Waals surface area contributed by atoms with Gasteiger partial charge in [0.25, 0.3) is 5.91 Å². The summed E-state index contributed by atoms with van der Waals surface area (Å²) in [5.41, 5.74) is 1.39. The summed E-state index contributed by atoms with van der Waals surface area (Å²) in [5.74, 6) is -0.796. The predicted molar refractivity (Wildman–Crippen MR) is 92.3 cm³/mol. The molecule has 1 aromatic carbocycles. The van der Waals surface area contributed by atoms with Crippen LogP contribution in [0.2, 0.25) is 0 Å². The third-order valence-electron chi connectivity index (χ3n) is 3.54. The first kappa shape index (κ1) is 18.8. The molecule has 0 radical (unpaired) electrons. The lowest BCUT2D eigenvalue weighted by molar-refractivity contribution is -0.147. The van der Waals surface area contributed by atoms with Crippen LogP contribution in [0.15, 0.2) is 24.3 Å². The second kappa shape index (κ2) is 8.00. The molecule has 1 aliphatic heterocycles. The SMILES string of the molecule is CC(C)(C)OC(=O)NCCC(=O)OCC(=O)N1CCc2ccccc21. The van der Waals surface area contributed by atoms with E-state index >= 15 is 0 Å². The maximum absolute atomic E-state index is 12.2. The summed E-state index contributed by atoms with van der Waals surface area (Å²) >= 11 is 0. The van der Waals surface area contributed by atoms with Crippen LogP contribution in [0.1, 0.15) is 32.8 Å². The highest BCUT2D eigenvalue weighted by Gasteiger charge is 2.24. The summed E-state index contributed by atoms with van der Waals surface area (Å²) in [4.78, 5) is 37.0. The molecular weight excluding hydrogens is 324 g/mol. The number of benzene rings is 1. The van der Waals surface area contributed by atoms with Crippen molar-refractivity contribution in [3.8, 4) is 0 Å². The number of carbonyl (C=O) groups is 3. The van der Waals surface area contributed by atoms with Crippen LogP contribution >= 0.6 is 0 Å². The Labute approximate surface area is 147 Å². The van der Waals surface area contributed by atoms with E-state index in [1.165, 1.54) is 0 Å². The van der Waals surface area contributed by atoms with E-state index in [1.54, 1.807) is 25.7 Å². The number of carbonyl (C=O) groups excluding carboxylic acids is 3. The fourth-order valence-electron chi connectivity index (χ4n) is 2.47. The molecule has 0 saturated carbocycles. The Bertz CT molecular complexity index is 651. The van der Waals surface area contributed by atoms with Crippen molar-refractivity contribution < 1.29 is 23.9 Å². The van der Waals surface area contributed by atoms with Crippen molar-refractivity contribution in [2.45, 2.75) is 39.2 Å². The summed E-state index contributed by atoms with van der Waals surface area (Å²) in [6.07, 6.45) is 0.184. The molecule has 7 heteroatoms. The van der Waals surface area contributed by atoms with Crippen LogP contribution in [0.5, 0.6) is 0 Å². The van der Waals surface area contributed by atoms with E-state index < -0.39 is 17.7 Å². The molecule has 0 aliphatic carbocycles. The van der Waals surface area contributed by atoms with E-state index in [1.807, 2.05) is 24.3 Å². The van der Waals surface area contributed by atoms with E-state index in [4.69, 9.17) is 9.47 Å². The molecule has 25 heavy (non-hydrogen) atoms. The second-order valence-electron chi connectivity index (χ2n) is 6.76. The third-order valence-corrected chi connectivity index (χ3v) is 3.54. The first-order chi connectivity index (χ1) is 11.8. The van der Waals surface area contributed by atoms with Gasteiger partial charge in [-0.3, -0.25) is 9.59 Å². The van der Waals surface area contributed by atoms with Gasteiger partial charge in [0, 0.05) is 18.8 Å². The minimum absolute atomic E-state index is 0.0247. The molecule has 0 atom stereocenters. The minimum Gasteiger partial charge on any atom is -0.455 e. The lowest BCUT2D eigenvalue weighted by atomic mass is 10.2. The van der Waals surface area contributed by atoms with Gasteiger partial charge >= 0.3 is 12.1 Å². The zero-order valence-corrected chi connectivity index (χ0v) is 14.8. The van der Waals surface area contributed by atoms with Crippen LogP contribution < -0.4 is 10.2 Å². The van der Waals surface area contributed by atoms with Gasteiger partial charge in [-0.25, -0.2) is 4.79 Å². The van der Waals surface area contributed by atoms with Gasteiger partial charge < -0.3 is 19.7 Å². The number of para-hydroxylation sites is 1. The van der Waals surface area contributed by atoms with E-state index in [9.17, 15) is 14.4 Å². The number of nitrogens with one attached hydrogen (secondary N) is 1. The van der Waals surface area contributed by atoms with E-state index in [2.05, 4.69) is 5.32 Å². The lowest BCUT2D eigenvalue weighted by Gasteiger charge is -2.19. The van der Waals surface area contributed by atoms with Crippen molar-refractivity contribution in [1.82, 2.24) is 5.32 Å². The van der Waals surface area contributed by atoms with Crippen molar-refractivity contribution >= 4 is 23.7 Å². The van der Waals surface area contributed by atoms with E-state index in [0.717, 1.165) is 17.7 Å². The Kier molecular flexibility index (Phi) is 6.01. The Balaban J connectivity index is 1.69. The molecule has 0 spiro atoms. The minimum atomic E-state index is -0.594. The number of fused-ring (bicyclic) bond motifs is 1. The number of alkyl carbamates (subject to hydrolysis) is 1. The van der Waals surface area contributed by atoms with Crippen LogP contribution in [0.4, 0.5) is 10.5 Å². The molecule has 1 aliphatic rings. The quantitative estimate of drug-likeness (QED) is 0.823. The second-order valence-corrected chi connectivity index (χ2v) is 6.76. The van der Waals surface area contributed by atoms with Crippen LogP contribution in [0.25, 0.3) is 0 Å². The van der Waals surface area contributed by atoms with Gasteiger partial charge in [-0.1, -0.05) is 18.2 Å². The third kappa shape index (κ3) is 5.77. The van der Waals surface area contributed by atoms with Gasteiger partial charge in [-0.2, -0.15) is 0 Å². The zero-order valence-electron chi connectivity index (χ0n) is 14.8. The average Bonchev–Trinajstić information content (AvgIpc) is 2.95. The van der Waals surface area contributed by atoms with E-state index in [0.29, 0.717) is 6.54 Å². The van der Waals surface area contributed by atoms with Gasteiger partial charge in [0.15, 0.2) is 6.61 Å². The number of anilines is 1. The summed E-state index contributed by atoms with van der Waals surface area (Å²) < 4.78 is 10.0. The smallest absolute Gasteiger partial charge is 0.407 e. The molecule has 0 fully saturated rings. The van der Waals surface area contributed by atoms with Gasteiger partial charge in [0.1, 0.15) is 5.60 Å². The van der Waals surface area contributed by atoms with Crippen molar-refractivity contribution in [1.29, 1.82) is 0 Å². The number of hydrogen-bond acceptors (Lipinski definition) is 5. The number of amides is 2. The molecular formula is C18H24N2O5. The van der Waals surface area contributed by atoms with Gasteiger partial charge in [-0.05, 0) is 38.8 Å². The molecule has 0 aromatic heterocycles. The van der Waals surface area contributed by atoms with E-state index in [-0.39, 0.29) is 25.5 Å². The normalized spacial score (nSPS) is 13.2. The first-order valence-electron chi connectivity index (χ1n) is 8.27. The van der Waals surface area contributed by atoms with Crippen LogP contribution in [0, 0.1) is 0 Å². The van der Waals surface area contributed by atoms with Gasteiger partial charge in [0.05, 0.1) is 6.42 Å². The maximum atomic E-state index is 12.2. The number of rotatable bonds is 5. The highest BCUT2D eigenvalue weighted by molar-refractivity contribution is 5.97. The number of ether oxygens (including phenoxy) is 2. The maximum Gasteiger partial charge on any atom is 0.407 e. The van der Waals surface area contributed by atoms with Crippen LogP contribution in [-0.2, 0) is 25.5 Å². The van der Waals surface area contributed by atoms with Gasteiger partial charge in [0.2, 0.25) is 0 Å². The molecule has 136 valence electrons. The monoisotopic (exact) mass is 348 g/mol. The Hall–Kier alpha value is -2.57. The predicted octanol–water partition coefficient (Wildman–Crippen LogP) is 2.03. The zero-order chi connectivity index (χ0) is 18.4. The molecule has 7 nitrogen and oxygen atoms in total. The summed E-state index contributed by atoms with van der Waals surface area (Å²) in [6, 6.07) is 7.67. The number of esters is 1. The molecule has 1 heterocycles. The fraction of sp³-hybridized carbons (Fsp3) is 0.500. The van der Waals surface area contributed by atoms with Crippen LogP contribution in [0.3, 0.4) is 0 Å². The molecule has 1 aromatic rings. The fourth-order valence-corrected chi connectivity index (χ4v) is 2.47. The largest absolute Gasteiger partial charge is 0.455 e. The number of nitrogens with zero attached hydrogens (tertiary/aromatic N) is 1. The Morgan fingerprint density at radius 1 is 1.20 bits per heavy atom. The molecule has 2 amide bonds. The van der Waals surface area contributed by atoms with Crippen molar-refractivity contribution in [3.63, 3.8) is 0 Å². The highest BCUT2D eigenvalue weighted by atomic mass is 16.6. The number of hydrogen-bond donors (Lipinski definition) is 1. The average molecular weight is 348 g/mol. The van der Waals surface area contributed by atoms with Crippen molar-refractivity contribution in [2.24, 2.45) is 0 Å².